The monoisotopic (exact) mass is 363 g/mol. The van der Waals surface area contributed by atoms with Crippen molar-refractivity contribution in [3.8, 4) is 34.3 Å². The van der Waals surface area contributed by atoms with E-state index in [0.717, 1.165) is 34.2 Å². The van der Waals surface area contributed by atoms with Crippen LogP contribution in [0, 0.1) is 11.3 Å². The third kappa shape index (κ3) is 2.44. The number of hydrogen-bond acceptors (Lipinski definition) is 4. The van der Waals surface area contributed by atoms with Crippen LogP contribution < -0.4 is 4.74 Å². The first kappa shape index (κ1) is 16.5. The van der Waals surface area contributed by atoms with Gasteiger partial charge in [0.25, 0.3) is 0 Å². The van der Waals surface area contributed by atoms with Crippen LogP contribution in [0.25, 0.3) is 33.4 Å². The summed E-state index contributed by atoms with van der Waals surface area (Å²) in [5, 5.41) is 10.8. The maximum atomic E-state index is 9.89. The van der Waals surface area contributed by atoms with Crippen molar-refractivity contribution in [3.05, 3.63) is 77.4 Å². The van der Waals surface area contributed by atoms with Gasteiger partial charge in [-0.25, -0.2) is 4.98 Å². The van der Waals surface area contributed by atoms with Gasteiger partial charge in [-0.05, 0) is 29.7 Å². The second-order valence-corrected chi connectivity index (χ2v) is 6.78. The molecule has 0 amide bonds. The lowest BCUT2D eigenvalue weighted by Crippen LogP contribution is -2.02. The number of fused-ring (bicyclic) bond motifs is 4. The number of benzene rings is 2. The first-order valence-corrected chi connectivity index (χ1v) is 9.34. The van der Waals surface area contributed by atoms with Crippen molar-refractivity contribution < 1.29 is 4.74 Å². The van der Waals surface area contributed by atoms with E-state index < -0.39 is 0 Å². The van der Waals surface area contributed by atoms with Gasteiger partial charge in [0.1, 0.15) is 11.6 Å². The highest BCUT2D eigenvalue weighted by Gasteiger charge is 2.24. The number of nitriles is 1. The minimum Gasteiger partial charge on any atom is -0.477 e. The first-order valence-electron chi connectivity index (χ1n) is 9.34. The van der Waals surface area contributed by atoms with Gasteiger partial charge >= 0.3 is 0 Å². The summed E-state index contributed by atoms with van der Waals surface area (Å²) in [6.45, 7) is 2.33. The van der Waals surface area contributed by atoms with Gasteiger partial charge in [-0.3, -0.25) is 0 Å². The smallest absolute Gasteiger partial charge is 0.234 e. The number of pyridine rings is 2. The highest BCUT2D eigenvalue weighted by atomic mass is 16.5. The van der Waals surface area contributed by atoms with E-state index in [-0.39, 0.29) is 0 Å². The maximum absolute atomic E-state index is 9.89. The van der Waals surface area contributed by atoms with E-state index in [1.807, 2.05) is 43.3 Å². The molecule has 4 nitrogen and oxygen atoms in total. The van der Waals surface area contributed by atoms with E-state index in [4.69, 9.17) is 9.72 Å². The van der Waals surface area contributed by atoms with Gasteiger partial charge in [-0.1, -0.05) is 54.6 Å². The maximum Gasteiger partial charge on any atom is 0.234 e. The van der Waals surface area contributed by atoms with Crippen LogP contribution in [0.4, 0.5) is 0 Å². The van der Waals surface area contributed by atoms with Gasteiger partial charge in [-0.15, -0.1) is 0 Å². The molecule has 0 radical (unpaired) electrons. The third-order valence-electron chi connectivity index (χ3n) is 5.13. The molecule has 0 spiro atoms. The molecule has 0 unspecified atom stereocenters. The van der Waals surface area contributed by atoms with Crippen molar-refractivity contribution in [1.82, 2.24) is 9.97 Å². The predicted molar refractivity (Wildman–Crippen MR) is 109 cm³/mol. The molecule has 28 heavy (non-hydrogen) atoms. The lowest BCUT2D eigenvalue weighted by atomic mass is 9.96. The first-order chi connectivity index (χ1) is 13.8. The Morgan fingerprint density at radius 3 is 2.57 bits per heavy atom. The van der Waals surface area contributed by atoms with E-state index in [1.165, 1.54) is 11.1 Å². The molecule has 0 saturated heterocycles. The lowest BCUT2D eigenvalue weighted by molar-refractivity contribution is 0.327. The molecule has 1 aliphatic carbocycles. The zero-order valence-electron chi connectivity index (χ0n) is 15.4. The molecule has 4 aromatic rings. The van der Waals surface area contributed by atoms with Crippen LogP contribution in [-0.4, -0.2) is 16.6 Å². The summed E-state index contributed by atoms with van der Waals surface area (Å²) in [5.41, 5.74) is 7.43. The van der Waals surface area contributed by atoms with Gasteiger partial charge in [0.15, 0.2) is 5.65 Å². The Bertz CT molecular complexity index is 1260. The summed E-state index contributed by atoms with van der Waals surface area (Å²) >= 11 is 0. The van der Waals surface area contributed by atoms with Gasteiger partial charge < -0.3 is 4.74 Å². The predicted octanol–water partition coefficient (Wildman–Crippen LogP) is 5.14. The fourth-order valence-corrected chi connectivity index (χ4v) is 3.94. The van der Waals surface area contributed by atoms with Crippen molar-refractivity contribution in [3.63, 3.8) is 0 Å². The molecule has 0 atom stereocenters. The molecule has 2 aromatic carbocycles. The summed E-state index contributed by atoms with van der Waals surface area (Å²) in [6.07, 6.45) is 0.845. The highest BCUT2D eigenvalue weighted by Crippen LogP contribution is 2.41. The van der Waals surface area contributed by atoms with Crippen LogP contribution in [-0.2, 0) is 6.42 Å². The number of aromatic nitrogens is 2. The standard InChI is InChI=1S/C24H17N3O/c1-2-28-24-20(14-25)21(15-8-4-3-5-9-15)19-13-17-12-16-10-6-7-11-18(16)22(17)26-23(19)27-24/h3-11,13H,2,12H2,1H3. The zero-order chi connectivity index (χ0) is 19.1. The Morgan fingerprint density at radius 1 is 1.00 bits per heavy atom. The van der Waals surface area contributed by atoms with Gasteiger partial charge in [0, 0.05) is 22.9 Å². The van der Waals surface area contributed by atoms with Crippen LogP contribution >= 0.6 is 0 Å². The molecular formula is C24H17N3O. The van der Waals surface area contributed by atoms with E-state index >= 15 is 0 Å². The highest BCUT2D eigenvalue weighted by molar-refractivity contribution is 5.99. The van der Waals surface area contributed by atoms with E-state index in [9.17, 15) is 5.26 Å². The van der Waals surface area contributed by atoms with Crippen LogP contribution in [0.1, 0.15) is 23.6 Å². The number of ether oxygens (including phenoxy) is 1. The van der Waals surface area contributed by atoms with Crippen LogP contribution in [0.3, 0.4) is 0 Å². The summed E-state index contributed by atoms with van der Waals surface area (Å²) in [5.74, 6) is 0.343. The molecule has 2 aromatic heterocycles. The van der Waals surface area contributed by atoms with E-state index in [1.54, 1.807) is 0 Å². The molecular weight excluding hydrogens is 346 g/mol. The van der Waals surface area contributed by atoms with Crippen LogP contribution in [0.5, 0.6) is 5.88 Å². The Hall–Kier alpha value is -3.71. The Labute approximate surface area is 163 Å². The minimum atomic E-state index is 0.343. The second-order valence-electron chi connectivity index (χ2n) is 6.78. The van der Waals surface area contributed by atoms with Crippen molar-refractivity contribution in [1.29, 1.82) is 5.26 Å². The van der Waals surface area contributed by atoms with Crippen molar-refractivity contribution in [2.45, 2.75) is 13.3 Å². The average molecular weight is 363 g/mol. The second kappa shape index (κ2) is 6.47. The van der Waals surface area contributed by atoms with Gasteiger partial charge in [0.05, 0.1) is 12.3 Å². The molecule has 0 fully saturated rings. The Morgan fingerprint density at radius 2 is 1.79 bits per heavy atom. The minimum absolute atomic E-state index is 0.343. The summed E-state index contributed by atoms with van der Waals surface area (Å²) in [4.78, 5) is 9.52. The molecule has 2 heterocycles. The third-order valence-corrected chi connectivity index (χ3v) is 5.13. The molecule has 0 bridgehead atoms. The van der Waals surface area contributed by atoms with E-state index in [2.05, 4.69) is 35.3 Å². The topological polar surface area (TPSA) is 58.8 Å². The fraction of sp³-hybridized carbons (Fsp3) is 0.125. The van der Waals surface area contributed by atoms with E-state index in [0.29, 0.717) is 23.7 Å². The Balaban J connectivity index is 1.86. The molecule has 134 valence electrons. The van der Waals surface area contributed by atoms with Crippen molar-refractivity contribution in [2.24, 2.45) is 0 Å². The molecule has 4 heteroatoms. The fourth-order valence-electron chi connectivity index (χ4n) is 3.94. The Kier molecular flexibility index (Phi) is 3.80. The van der Waals surface area contributed by atoms with Crippen LogP contribution in [0.15, 0.2) is 60.7 Å². The largest absolute Gasteiger partial charge is 0.477 e. The van der Waals surface area contributed by atoms with Gasteiger partial charge in [0.2, 0.25) is 5.88 Å². The van der Waals surface area contributed by atoms with Crippen molar-refractivity contribution >= 4 is 11.0 Å². The van der Waals surface area contributed by atoms with Gasteiger partial charge in [-0.2, -0.15) is 10.2 Å². The molecule has 5 rings (SSSR count). The quantitative estimate of drug-likeness (QED) is 0.445. The number of hydrogen-bond donors (Lipinski definition) is 0. The lowest BCUT2D eigenvalue weighted by Gasteiger charge is -2.14. The summed E-state index contributed by atoms with van der Waals surface area (Å²) in [6, 6.07) is 22.7. The summed E-state index contributed by atoms with van der Waals surface area (Å²) in [7, 11) is 0. The van der Waals surface area contributed by atoms with Crippen LogP contribution in [0.2, 0.25) is 0 Å². The molecule has 1 aliphatic rings. The summed E-state index contributed by atoms with van der Waals surface area (Å²) < 4.78 is 5.71. The normalized spacial score (nSPS) is 11.7. The molecule has 0 saturated carbocycles. The zero-order valence-corrected chi connectivity index (χ0v) is 15.4. The average Bonchev–Trinajstić information content (AvgIpc) is 3.09. The van der Waals surface area contributed by atoms with Crippen molar-refractivity contribution in [2.75, 3.05) is 6.61 Å². The molecule has 0 aliphatic heterocycles. The number of nitrogens with zero attached hydrogens (tertiary/aromatic N) is 3. The number of rotatable bonds is 3. The SMILES string of the molecule is CCOc1nc2nc3c(cc2c(-c2ccccc2)c1C#N)Cc1ccccc1-3. The molecule has 0 N–H and O–H groups in total.